The number of carbonyl (C=O) groups is 1. The number of nitrogens with zero attached hydrogens (tertiary/aromatic N) is 1. The van der Waals surface area contributed by atoms with Crippen molar-refractivity contribution in [1.29, 1.82) is 0 Å². The molecule has 2 aromatic carbocycles. The van der Waals surface area contributed by atoms with Crippen LogP contribution in [0.4, 0.5) is 5.69 Å². The van der Waals surface area contributed by atoms with Gasteiger partial charge >= 0.3 is 0 Å². The van der Waals surface area contributed by atoms with Crippen LogP contribution in [0.5, 0.6) is 11.5 Å². The fourth-order valence-electron chi connectivity index (χ4n) is 4.49. The van der Waals surface area contributed by atoms with Crippen LogP contribution in [-0.4, -0.2) is 36.6 Å². The van der Waals surface area contributed by atoms with Crippen molar-refractivity contribution in [2.24, 2.45) is 5.92 Å². The van der Waals surface area contributed by atoms with Crippen molar-refractivity contribution in [1.82, 2.24) is 4.90 Å². The SMILES string of the molecule is COc1cc(Cl)c(/C=C2\SC(Nc3ccccc3)N([C@H]3CCCC[C@@H]3C)C2=O)cc1OC. The molecule has 3 atom stereocenters. The second kappa shape index (κ2) is 10.1. The number of hydrogen-bond acceptors (Lipinski definition) is 5. The highest BCUT2D eigenvalue weighted by atomic mass is 35.5. The summed E-state index contributed by atoms with van der Waals surface area (Å²) in [6.45, 7) is 2.26. The van der Waals surface area contributed by atoms with Gasteiger partial charge in [-0.3, -0.25) is 4.79 Å². The Balaban J connectivity index is 1.68. The zero-order chi connectivity index (χ0) is 22.7. The highest BCUT2D eigenvalue weighted by Gasteiger charge is 2.43. The minimum absolute atomic E-state index is 0.0491. The quantitative estimate of drug-likeness (QED) is 0.503. The van der Waals surface area contributed by atoms with Gasteiger partial charge in [0.2, 0.25) is 0 Å². The van der Waals surface area contributed by atoms with E-state index in [0.29, 0.717) is 27.3 Å². The summed E-state index contributed by atoms with van der Waals surface area (Å²) >= 11 is 8.05. The third-order valence-electron chi connectivity index (χ3n) is 6.21. The molecule has 1 heterocycles. The smallest absolute Gasteiger partial charge is 0.262 e. The van der Waals surface area contributed by atoms with Crippen LogP contribution in [0.3, 0.4) is 0 Å². The van der Waals surface area contributed by atoms with E-state index in [9.17, 15) is 4.79 Å². The molecule has 2 aromatic rings. The molecule has 32 heavy (non-hydrogen) atoms. The molecule has 0 radical (unpaired) electrons. The number of thioether (sulfide) groups is 1. The summed E-state index contributed by atoms with van der Waals surface area (Å²) in [6, 6.07) is 13.8. The van der Waals surface area contributed by atoms with Crippen LogP contribution < -0.4 is 14.8 Å². The summed E-state index contributed by atoms with van der Waals surface area (Å²) in [4.78, 5) is 16.4. The Morgan fingerprint density at radius 2 is 1.78 bits per heavy atom. The lowest BCUT2D eigenvalue weighted by atomic mass is 9.85. The molecule has 0 bridgehead atoms. The first-order chi connectivity index (χ1) is 15.5. The van der Waals surface area contributed by atoms with Gasteiger partial charge in [-0.05, 0) is 48.6 Å². The van der Waals surface area contributed by atoms with E-state index in [1.165, 1.54) is 6.42 Å². The number of halogens is 1. The number of methoxy groups -OCH3 is 2. The van der Waals surface area contributed by atoms with Gasteiger partial charge in [0.15, 0.2) is 17.0 Å². The van der Waals surface area contributed by atoms with Gasteiger partial charge in [-0.15, -0.1) is 0 Å². The van der Waals surface area contributed by atoms with Crippen molar-refractivity contribution in [3.63, 3.8) is 0 Å². The van der Waals surface area contributed by atoms with Gasteiger partial charge in [0.05, 0.1) is 24.1 Å². The molecule has 1 aliphatic carbocycles. The molecule has 1 saturated heterocycles. The standard InChI is InChI=1S/C25H29ClN2O3S/c1-16-9-7-8-12-20(16)28-24(29)23(32-25(28)27-18-10-5-4-6-11-18)14-17-13-21(30-2)22(31-3)15-19(17)26/h4-6,10-11,13-16,20,25,27H,7-9,12H2,1-3H3/b23-14-/t16-,20-,25?/m0/s1. The fourth-order valence-corrected chi connectivity index (χ4v) is 5.90. The lowest BCUT2D eigenvalue weighted by Crippen LogP contribution is -2.48. The van der Waals surface area contributed by atoms with Gasteiger partial charge in [-0.2, -0.15) is 0 Å². The molecule has 170 valence electrons. The number of ether oxygens (including phenoxy) is 2. The van der Waals surface area contributed by atoms with Crippen molar-refractivity contribution < 1.29 is 14.3 Å². The van der Waals surface area contributed by atoms with Crippen LogP contribution in [0.25, 0.3) is 6.08 Å². The minimum atomic E-state index is -0.166. The van der Waals surface area contributed by atoms with Crippen LogP contribution in [0.15, 0.2) is 47.4 Å². The predicted octanol–water partition coefficient (Wildman–Crippen LogP) is 6.25. The minimum Gasteiger partial charge on any atom is -0.493 e. The second-order valence-electron chi connectivity index (χ2n) is 8.26. The second-order valence-corrected chi connectivity index (χ2v) is 9.79. The molecule has 0 aromatic heterocycles. The van der Waals surface area contributed by atoms with E-state index in [4.69, 9.17) is 21.1 Å². The largest absolute Gasteiger partial charge is 0.493 e. The molecular formula is C25H29ClN2O3S. The Labute approximate surface area is 199 Å². The molecule has 4 rings (SSSR count). The number of carbonyl (C=O) groups excluding carboxylic acids is 1. The molecule has 0 spiro atoms. The molecule has 1 amide bonds. The summed E-state index contributed by atoms with van der Waals surface area (Å²) < 4.78 is 10.8. The maximum atomic E-state index is 13.6. The maximum absolute atomic E-state index is 13.6. The van der Waals surface area contributed by atoms with Gasteiger partial charge < -0.3 is 19.7 Å². The van der Waals surface area contributed by atoms with Crippen LogP contribution >= 0.6 is 23.4 Å². The Kier molecular flexibility index (Phi) is 7.21. The number of nitrogens with one attached hydrogen (secondary N) is 1. The first-order valence-electron chi connectivity index (χ1n) is 11.0. The van der Waals surface area contributed by atoms with E-state index in [-0.39, 0.29) is 17.4 Å². The van der Waals surface area contributed by atoms with E-state index in [1.54, 1.807) is 32.0 Å². The average molecular weight is 473 g/mol. The third kappa shape index (κ3) is 4.71. The molecule has 7 heteroatoms. The van der Waals surface area contributed by atoms with Crippen LogP contribution in [0.1, 0.15) is 38.2 Å². The number of hydrogen-bond donors (Lipinski definition) is 1. The summed E-state index contributed by atoms with van der Waals surface area (Å²) in [6.07, 6.45) is 6.43. The van der Waals surface area contributed by atoms with Crippen molar-refractivity contribution >= 4 is 41.0 Å². The topological polar surface area (TPSA) is 50.8 Å². The van der Waals surface area contributed by atoms with Crippen molar-refractivity contribution in [3.05, 3.63) is 58.0 Å². The molecule has 1 aliphatic heterocycles. The highest BCUT2D eigenvalue weighted by molar-refractivity contribution is 8.05. The maximum Gasteiger partial charge on any atom is 0.262 e. The molecule has 2 fully saturated rings. The van der Waals surface area contributed by atoms with E-state index in [2.05, 4.69) is 12.2 Å². The first kappa shape index (κ1) is 22.9. The predicted molar refractivity (Wildman–Crippen MR) is 132 cm³/mol. The van der Waals surface area contributed by atoms with Crippen molar-refractivity contribution in [2.45, 2.75) is 44.1 Å². The van der Waals surface area contributed by atoms with Gasteiger partial charge in [0.1, 0.15) is 0 Å². The van der Waals surface area contributed by atoms with E-state index in [0.717, 1.165) is 30.5 Å². The van der Waals surface area contributed by atoms with Gasteiger partial charge in [-0.1, -0.05) is 61.3 Å². The normalized spacial score (nSPS) is 24.6. The van der Waals surface area contributed by atoms with Crippen LogP contribution in [0, 0.1) is 5.92 Å². The Morgan fingerprint density at radius 3 is 2.47 bits per heavy atom. The van der Waals surface area contributed by atoms with Gasteiger partial charge in [0, 0.05) is 17.8 Å². The molecule has 5 nitrogen and oxygen atoms in total. The highest BCUT2D eigenvalue weighted by Crippen LogP contribution is 2.43. The van der Waals surface area contributed by atoms with E-state index >= 15 is 0 Å². The van der Waals surface area contributed by atoms with Crippen LogP contribution in [-0.2, 0) is 4.79 Å². The van der Waals surface area contributed by atoms with Crippen molar-refractivity contribution in [3.8, 4) is 11.5 Å². The first-order valence-corrected chi connectivity index (χ1v) is 12.2. The number of amides is 1. The molecule has 1 saturated carbocycles. The van der Waals surface area contributed by atoms with E-state index in [1.807, 2.05) is 47.4 Å². The Bertz CT molecular complexity index is 998. The molecule has 1 N–H and O–H groups in total. The number of rotatable bonds is 6. The lowest BCUT2D eigenvalue weighted by molar-refractivity contribution is -0.129. The fraction of sp³-hybridized carbons (Fsp3) is 0.400. The summed E-state index contributed by atoms with van der Waals surface area (Å²) in [5.74, 6) is 1.66. The van der Waals surface area contributed by atoms with Gasteiger partial charge in [0.25, 0.3) is 5.91 Å². The zero-order valence-corrected chi connectivity index (χ0v) is 20.2. The van der Waals surface area contributed by atoms with Crippen LogP contribution in [0.2, 0.25) is 5.02 Å². The van der Waals surface area contributed by atoms with Gasteiger partial charge in [-0.25, -0.2) is 0 Å². The number of para-hydroxylation sites is 1. The summed E-state index contributed by atoms with van der Waals surface area (Å²) in [5, 5.41) is 4.07. The molecule has 2 aliphatic rings. The summed E-state index contributed by atoms with van der Waals surface area (Å²) in [5.41, 5.74) is 1.56. The Morgan fingerprint density at radius 1 is 1.09 bits per heavy atom. The third-order valence-corrected chi connectivity index (χ3v) is 7.66. The Hall–Kier alpha value is -2.31. The monoisotopic (exact) mass is 472 g/mol. The average Bonchev–Trinajstić information content (AvgIpc) is 3.10. The molecule has 1 unspecified atom stereocenters. The molecular weight excluding hydrogens is 444 g/mol. The van der Waals surface area contributed by atoms with Crippen molar-refractivity contribution in [2.75, 3.05) is 19.5 Å². The zero-order valence-electron chi connectivity index (χ0n) is 18.6. The lowest BCUT2D eigenvalue weighted by Gasteiger charge is -2.39. The number of benzene rings is 2. The van der Waals surface area contributed by atoms with E-state index < -0.39 is 0 Å². The number of anilines is 1. The summed E-state index contributed by atoms with van der Waals surface area (Å²) in [7, 11) is 3.16.